The van der Waals surface area contributed by atoms with E-state index in [1.165, 1.54) is 5.56 Å². The first-order chi connectivity index (χ1) is 17.1. The number of fused-ring (bicyclic) bond motifs is 2. The molecule has 1 spiro atoms. The number of likely N-dealkylation sites (tertiary alicyclic amines) is 1. The van der Waals surface area contributed by atoms with Crippen LogP contribution in [0.3, 0.4) is 0 Å². The summed E-state index contributed by atoms with van der Waals surface area (Å²) < 4.78 is 11.7. The second-order valence-electron chi connectivity index (χ2n) is 9.18. The lowest BCUT2D eigenvalue weighted by molar-refractivity contribution is -0.133. The number of amides is 2. The number of nitrogens with zero attached hydrogens (tertiary/aromatic N) is 1. The molecule has 1 fully saturated rings. The Balaban J connectivity index is 1.30. The van der Waals surface area contributed by atoms with Crippen LogP contribution in [0.5, 0.6) is 5.75 Å². The molecule has 2 amide bonds. The monoisotopic (exact) mass is 490 g/mol. The van der Waals surface area contributed by atoms with Crippen molar-refractivity contribution >= 4 is 23.2 Å². The summed E-state index contributed by atoms with van der Waals surface area (Å²) in [6.45, 7) is 1.30. The zero-order valence-corrected chi connectivity index (χ0v) is 20.6. The van der Waals surface area contributed by atoms with E-state index < -0.39 is 0 Å². The van der Waals surface area contributed by atoms with Crippen molar-refractivity contribution in [1.82, 2.24) is 10.2 Å². The van der Waals surface area contributed by atoms with Gasteiger partial charge in [0.05, 0.1) is 18.6 Å². The number of para-hydroxylation sites is 1. The molecule has 2 heterocycles. The minimum absolute atomic E-state index is 0.0584. The Morgan fingerprint density at radius 1 is 1.03 bits per heavy atom. The van der Waals surface area contributed by atoms with Crippen LogP contribution in [0, 0.1) is 0 Å². The van der Waals surface area contributed by atoms with Crippen LogP contribution in [0.1, 0.15) is 34.9 Å². The van der Waals surface area contributed by atoms with Crippen LogP contribution in [0.25, 0.3) is 0 Å². The van der Waals surface area contributed by atoms with E-state index in [-0.39, 0.29) is 36.0 Å². The number of carbonyl (C=O) groups is 2. The largest absolute Gasteiger partial charge is 0.484 e. The Bertz CT molecular complexity index is 1160. The number of hydrogen-bond acceptors (Lipinski definition) is 5. The Kier molecular flexibility index (Phi) is 6.88. The highest BCUT2D eigenvalue weighted by molar-refractivity contribution is 7.10. The molecule has 2 atom stereocenters. The van der Waals surface area contributed by atoms with Gasteiger partial charge in [-0.05, 0) is 47.5 Å². The van der Waals surface area contributed by atoms with Crippen molar-refractivity contribution in [2.75, 3.05) is 26.8 Å². The van der Waals surface area contributed by atoms with Gasteiger partial charge in [-0.1, -0.05) is 48.5 Å². The molecular formula is C28H30N2O4S. The van der Waals surface area contributed by atoms with Crippen molar-refractivity contribution in [2.45, 2.75) is 36.8 Å². The van der Waals surface area contributed by atoms with Crippen LogP contribution in [-0.4, -0.2) is 49.6 Å². The van der Waals surface area contributed by atoms with Gasteiger partial charge in [0.2, 0.25) is 5.91 Å². The van der Waals surface area contributed by atoms with E-state index in [4.69, 9.17) is 9.47 Å². The number of methoxy groups -OCH3 is 1. The number of benzene rings is 2. The van der Waals surface area contributed by atoms with E-state index in [0.29, 0.717) is 25.3 Å². The molecule has 6 nitrogen and oxygen atoms in total. The Morgan fingerprint density at radius 3 is 2.49 bits per heavy atom. The standard InChI is InChI=1S/C28H30N2O4S/c1-33-27-26(29-24(31)19-34-20-8-3-2-4-9-20)22-11-5-6-12-23(22)28(27)13-15-30(16-14-28)25(32)18-21-10-7-17-35-21/h2-12,17,26-27H,13-16,18-19H2,1H3,(H,29,31)/t26-,27+/m0/s1. The van der Waals surface area contributed by atoms with Gasteiger partial charge in [-0.15, -0.1) is 11.3 Å². The van der Waals surface area contributed by atoms with Crippen molar-refractivity contribution in [3.8, 4) is 5.75 Å². The van der Waals surface area contributed by atoms with Gasteiger partial charge in [0, 0.05) is 30.5 Å². The van der Waals surface area contributed by atoms with Crippen molar-refractivity contribution in [2.24, 2.45) is 0 Å². The fourth-order valence-electron chi connectivity index (χ4n) is 5.64. The van der Waals surface area contributed by atoms with E-state index in [9.17, 15) is 9.59 Å². The number of nitrogens with one attached hydrogen (secondary N) is 1. The third-order valence-corrected chi connectivity index (χ3v) is 8.15. The second-order valence-corrected chi connectivity index (χ2v) is 10.2. The van der Waals surface area contributed by atoms with Gasteiger partial charge in [0.15, 0.2) is 6.61 Å². The van der Waals surface area contributed by atoms with Crippen molar-refractivity contribution < 1.29 is 19.1 Å². The summed E-state index contributed by atoms with van der Waals surface area (Å²) in [5, 5.41) is 5.18. The maximum absolute atomic E-state index is 12.9. The van der Waals surface area contributed by atoms with Crippen molar-refractivity contribution in [3.63, 3.8) is 0 Å². The molecule has 5 rings (SSSR count). The predicted molar refractivity (Wildman–Crippen MR) is 136 cm³/mol. The number of carbonyl (C=O) groups excluding carboxylic acids is 2. The van der Waals surface area contributed by atoms with Crippen LogP contribution in [0.4, 0.5) is 0 Å². The Hall–Kier alpha value is -3.16. The first kappa shape index (κ1) is 23.6. The fourth-order valence-corrected chi connectivity index (χ4v) is 6.33. The molecule has 2 aliphatic rings. The number of ether oxygens (including phenoxy) is 2. The summed E-state index contributed by atoms with van der Waals surface area (Å²) in [4.78, 5) is 28.8. The van der Waals surface area contributed by atoms with Gasteiger partial charge < -0.3 is 19.7 Å². The summed E-state index contributed by atoms with van der Waals surface area (Å²) in [5.74, 6) is 0.649. The first-order valence-electron chi connectivity index (χ1n) is 12.0. The summed E-state index contributed by atoms with van der Waals surface area (Å²) in [6.07, 6.45) is 1.83. The highest BCUT2D eigenvalue weighted by Crippen LogP contribution is 2.52. The topological polar surface area (TPSA) is 67.9 Å². The van der Waals surface area contributed by atoms with Crippen molar-refractivity contribution in [1.29, 1.82) is 0 Å². The predicted octanol–water partition coefficient (Wildman–Crippen LogP) is 4.12. The molecule has 0 unspecified atom stereocenters. The minimum atomic E-state index is -0.267. The Labute approximate surface area is 209 Å². The maximum Gasteiger partial charge on any atom is 0.258 e. The van der Waals surface area contributed by atoms with Gasteiger partial charge in [0.1, 0.15) is 5.75 Å². The highest BCUT2D eigenvalue weighted by atomic mass is 32.1. The molecular weight excluding hydrogens is 460 g/mol. The normalized spacial score (nSPS) is 20.4. The van der Waals surface area contributed by atoms with E-state index >= 15 is 0 Å². The van der Waals surface area contributed by atoms with Crippen LogP contribution in [-0.2, 0) is 26.2 Å². The van der Waals surface area contributed by atoms with Gasteiger partial charge in [-0.3, -0.25) is 9.59 Å². The van der Waals surface area contributed by atoms with E-state index in [2.05, 4.69) is 17.4 Å². The van der Waals surface area contributed by atoms with Crippen molar-refractivity contribution in [3.05, 3.63) is 88.1 Å². The lowest BCUT2D eigenvalue weighted by atomic mass is 9.72. The smallest absolute Gasteiger partial charge is 0.258 e. The van der Waals surface area contributed by atoms with Crippen LogP contribution >= 0.6 is 11.3 Å². The van der Waals surface area contributed by atoms with E-state index in [1.807, 2.05) is 64.9 Å². The average molecular weight is 491 g/mol. The number of hydrogen-bond donors (Lipinski definition) is 1. The third kappa shape index (κ3) is 4.70. The lowest BCUT2D eigenvalue weighted by Gasteiger charge is -2.44. The zero-order chi connectivity index (χ0) is 24.3. The number of piperidine rings is 1. The second kappa shape index (κ2) is 10.2. The average Bonchev–Trinajstić information content (AvgIpc) is 3.49. The van der Waals surface area contributed by atoms with Crippen LogP contribution in [0.15, 0.2) is 72.1 Å². The molecule has 0 radical (unpaired) electrons. The molecule has 0 saturated carbocycles. The summed E-state index contributed by atoms with van der Waals surface area (Å²) in [7, 11) is 1.71. The van der Waals surface area contributed by atoms with E-state index in [0.717, 1.165) is 23.3 Å². The first-order valence-corrected chi connectivity index (χ1v) is 12.9. The maximum atomic E-state index is 12.9. The van der Waals surface area contributed by atoms with Crippen LogP contribution < -0.4 is 10.1 Å². The molecule has 182 valence electrons. The quantitative estimate of drug-likeness (QED) is 0.541. The zero-order valence-electron chi connectivity index (χ0n) is 19.8. The molecule has 3 aromatic rings. The molecule has 35 heavy (non-hydrogen) atoms. The number of thiophene rings is 1. The molecule has 1 saturated heterocycles. The molecule has 1 aliphatic carbocycles. The number of rotatable bonds is 7. The third-order valence-electron chi connectivity index (χ3n) is 7.28. The van der Waals surface area contributed by atoms with Gasteiger partial charge in [-0.2, -0.15) is 0 Å². The molecule has 1 N–H and O–H groups in total. The van der Waals surface area contributed by atoms with Gasteiger partial charge in [0.25, 0.3) is 5.91 Å². The minimum Gasteiger partial charge on any atom is -0.484 e. The van der Waals surface area contributed by atoms with Gasteiger partial charge in [-0.25, -0.2) is 0 Å². The molecule has 1 aliphatic heterocycles. The van der Waals surface area contributed by atoms with Gasteiger partial charge >= 0.3 is 0 Å². The van der Waals surface area contributed by atoms with Crippen LogP contribution in [0.2, 0.25) is 0 Å². The molecule has 7 heteroatoms. The molecule has 2 aromatic carbocycles. The summed E-state index contributed by atoms with van der Waals surface area (Å²) in [6, 6.07) is 21.3. The lowest BCUT2D eigenvalue weighted by Crippen LogP contribution is -2.52. The highest BCUT2D eigenvalue weighted by Gasteiger charge is 2.54. The SMILES string of the molecule is CO[C@@H]1[C@@H](NC(=O)COc2ccccc2)c2ccccc2C12CCN(C(=O)Cc1cccs1)CC2. The Morgan fingerprint density at radius 2 is 1.77 bits per heavy atom. The fraction of sp³-hybridized carbons (Fsp3) is 0.357. The molecule has 1 aromatic heterocycles. The summed E-state index contributed by atoms with van der Waals surface area (Å²) in [5.41, 5.74) is 2.06. The molecule has 0 bridgehead atoms. The van der Waals surface area contributed by atoms with E-state index in [1.54, 1.807) is 18.4 Å². The summed E-state index contributed by atoms with van der Waals surface area (Å²) >= 11 is 1.62.